The summed E-state index contributed by atoms with van der Waals surface area (Å²) >= 11 is 4.77. The molecule has 0 unspecified atom stereocenters. The molecule has 0 saturated carbocycles. The molecule has 8 nitrogen and oxygen atoms in total. The van der Waals surface area contributed by atoms with Crippen LogP contribution < -0.4 is 10.1 Å². The summed E-state index contributed by atoms with van der Waals surface area (Å²) in [5.41, 5.74) is 2.91. The Morgan fingerprint density at radius 3 is 2.66 bits per heavy atom. The molecular weight excluding hydrogens is 530 g/mol. The van der Waals surface area contributed by atoms with E-state index in [1.54, 1.807) is 55.1 Å². The van der Waals surface area contributed by atoms with Crippen molar-refractivity contribution in [3.05, 3.63) is 99.0 Å². The fourth-order valence-corrected chi connectivity index (χ4v) is 4.73. The third-order valence-corrected chi connectivity index (χ3v) is 6.79. The maximum absolute atomic E-state index is 12.7. The number of ether oxygens (including phenoxy) is 1. The summed E-state index contributed by atoms with van der Waals surface area (Å²) in [6, 6.07) is 12.4. The Kier molecular flexibility index (Phi) is 6.73. The number of carbonyl (C=O) groups excluding carboxylic acids is 1. The summed E-state index contributed by atoms with van der Waals surface area (Å²) in [6.07, 6.45) is 8.47. The normalized spacial score (nSPS) is 13.6. The van der Waals surface area contributed by atoms with E-state index < -0.39 is 0 Å². The fourth-order valence-electron chi connectivity index (χ4n) is 3.30. The lowest BCUT2D eigenvalue weighted by atomic mass is 10.1. The molecule has 1 aliphatic rings. The monoisotopic (exact) mass is 547 g/mol. The lowest BCUT2D eigenvalue weighted by Gasteiger charge is -2.11. The molecule has 0 bridgehead atoms. The number of nitrogens with zero attached hydrogens (tertiary/aromatic N) is 4. The van der Waals surface area contributed by atoms with E-state index >= 15 is 0 Å². The van der Waals surface area contributed by atoms with Crippen molar-refractivity contribution in [2.45, 2.75) is 18.2 Å². The molecule has 1 aromatic carbocycles. The molecule has 0 radical (unpaired) electrons. The predicted octanol–water partition coefficient (Wildman–Crippen LogP) is 5.26. The molecule has 0 fully saturated rings. The van der Waals surface area contributed by atoms with E-state index in [9.17, 15) is 9.90 Å². The number of nitrogens with one attached hydrogen (secondary N) is 1. The average molecular weight is 548 g/mol. The Balaban J connectivity index is 1.26. The van der Waals surface area contributed by atoms with Gasteiger partial charge in [0, 0.05) is 34.8 Å². The number of anilines is 1. The van der Waals surface area contributed by atoms with E-state index in [1.165, 1.54) is 11.8 Å². The molecule has 10 heteroatoms. The second-order valence-corrected chi connectivity index (χ2v) is 9.40. The zero-order valence-corrected chi connectivity index (χ0v) is 20.6. The Labute approximate surface area is 213 Å². The van der Waals surface area contributed by atoms with Gasteiger partial charge in [-0.2, -0.15) is 0 Å². The number of pyridine rings is 2. The third-order valence-electron chi connectivity index (χ3n) is 5.06. The number of hydrogen-bond acceptors (Lipinski definition) is 9. The lowest BCUT2D eigenvalue weighted by Crippen LogP contribution is -2.06. The minimum Gasteiger partial charge on any atom is -0.504 e. The van der Waals surface area contributed by atoms with Gasteiger partial charge in [-0.05, 0) is 48.0 Å². The molecule has 0 saturated heterocycles. The Morgan fingerprint density at radius 2 is 1.89 bits per heavy atom. The molecule has 0 spiro atoms. The SMILES string of the molecule is O=C1/C(=C/c2cc(OCc3cnc(NCc4ccccn4)nc3)c(O)cc2Br)Sc2ncccc21. The van der Waals surface area contributed by atoms with Crippen LogP contribution >= 0.6 is 27.7 Å². The van der Waals surface area contributed by atoms with Crippen LogP contribution in [0.4, 0.5) is 5.95 Å². The summed E-state index contributed by atoms with van der Waals surface area (Å²) in [7, 11) is 0. The fraction of sp³-hybridized carbons (Fsp3) is 0.0800. The summed E-state index contributed by atoms with van der Waals surface area (Å²) in [4.78, 5) is 30.3. The highest BCUT2D eigenvalue weighted by atomic mass is 79.9. The maximum atomic E-state index is 12.7. The molecule has 174 valence electrons. The smallest absolute Gasteiger partial charge is 0.222 e. The van der Waals surface area contributed by atoms with Gasteiger partial charge in [0.1, 0.15) is 11.6 Å². The van der Waals surface area contributed by atoms with Gasteiger partial charge in [0.25, 0.3) is 0 Å². The van der Waals surface area contributed by atoms with Crippen LogP contribution in [-0.4, -0.2) is 30.8 Å². The predicted molar refractivity (Wildman–Crippen MR) is 136 cm³/mol. The van der Waals surface area contributed by atoms with Crippen molar-refractivity contribution in [3.63, 3.8) is 0 Å². The number of aromatic hydroxyl groups is 1. The molecule has 4 heterocycles. The number of ketones is 1. The van der Waals surface area contributed by atoms with Crippen LogP contribution in [0.25, 0.3) is 6.08 Å². The molecule has 35 heavy (non-hydrogen) atoms. The van der Waals surface area contributed by atoms with Gasteiger partial charge in [0.15, 0.2) is 11.5 Å². The molecule has 2 N–H and O–H groups in total. The van der Waals surface area contributed by atoms with Gasteiger partial charge in [-0.15, -0.1) is 0 Å². The van der Waals surface area contributed by atoms with Crippen LogP contribution in [0.15, 0.2) is 81.7 Å². The Hall–Kier alpha value is -3.76. The van der Waals surface area contributed by atoms with Crippen LogP contribution in [0.2, 0.25) is 0 Å². The van der Waals surface area contributed by atoms with Crippen molar-refractivity contribution in [1.82, 2.24) is 19.9 Å². The standard InChI is InChI=1S/C25H18BrN5O3S/c26-19-10-20(32)21(8-16(19)9-22-23(33)18-5-3-7-28-24(18)35-22)34-14-15-11-29-25(30-12-15)31-13-17-4-1-2-6-27-17/h1-12,32H,13-14H2,(H,29,30,31)/b22-9-. The zero-order valence-electron chi connectivity index (χ0n) is 18.2. The lowest BCUT2D eigenvalue weighted by molar-refractivity contribution is 0.104. The average Bonchev–Trinajstić information content (AvgIpc) is 3.20. The summed E-state index contributed by atoms with van der Waals surface area (Å²) < 4.78 is 6.46. The molecule has 3 aromatic heterocycles. The first-order valence-corrected chi connectivity index (χ1v) is 12.2. The van der Waals surface area contributed by atoms with Crippen LogP contribution in [0.1, 0.15) is 27.2 Å². The summed E-state index contributed by atoms with van der Waals surface area (Å²) in [5, 5.41) is 14.2. The second kappa shape index (κ2) is 10.2. The number of rotatable bonds is 7. The number of phenolic OH excluding ortho intramolecular Hbond substituents is 1. The number of benzene rings is 1. The number of halogens is 1. The van der Waals surface area contributed by atoms with Crippen molar-refractivity contribution in [3.8, 4) is 11.5 Å². The molecule has 4 aromatic rings. The number of allylic oxidation sites excluding steroid dienone is 1. The van der Waals surface area contributed by atoms with E-state index in [2.05, 4.69) is 41.2 Å². The highest BCUT2D eigenvalue weighted by Crippen LogP contribution is 2.41. The number of fused-ring (bicyclic) bond motifs is 1. The third kappa shape index (κ3) is 5.33. The quantitative estimate of drug-likeness (QED) is 0.299. The maximum Gasteiger partial charge on any atom is 0.222 e. The van der Waals surface area contributed by atoms with Crippen molar-refractivity contribution in [1.29, 1.82) is 0 Å². The number of carbonyl (C=O) groups is 1. The first kappa shape index (κ1) is 23.0. The van der Waals surface area contributed by atoms with Gasteiger partial charge in [0.2, 0.25) is 11.7 Å². The molecular formula is C25H18BrN5O3S. The number of hydrogen-bond donors (Lipinski definition) is 2. The van der Waals surface area contributed by atoms with Gasteiger partial charge in [-0.3, -0.25) is 9.78 Å². The van der Waals surface area contributed by atoms with E-state index in [0.717, 1.165) is 11.3 Å². The number of thioether (sulfide) groups is 1. The van der Waals surface area contributed by atoms with E-state index in [0.29, 0.717) is 38.0 Å². The zero-order chi connectivity index (χ0) is 24.2. The largest absolute Gasteiger partial charge is 0.504 e. The van der Waals surface area contributed by atoms with Gasteiger partial charge in [-0.1, -0.05) is 33.8 Å². The number of Topliss-reactive ketones (excluding diaryl/α,β-unsaturated/α-hetero) is 1. The van der Waals surface area contributed by atoms with Gasteiger partial charge < -0.3 is 15.2 Å². The number of aromatic nitrogens is 4. The summed E-state index contributed by atoms with van der Waals surface area (Å²) in [6.45, 7) is 0.679. The van der Waals surface area contributed by atoms with Crippen LogP contribution in [0, 0.1) is 0 Å². The van der Waals surface area contributed by atoms with Crippen molar-refractivity contribution < 1.29 is 14.6 Å². The first-order valence-electron chi connectivity index (χ1n) is 10.6. The first-order chi connectivity index (χ1) is 17.1. The topological polar surface area (TPSA) is 110 Å². The van der Waals surface area contributed by atoms with Crippen molar-refractivity contribution in [2.75, 3.05) is 5.32 Å². The molecule has 0 aliphatic carbocycles. The van der Waals surface area contributed by atoms with Crippen molar-refractivity contribution in [2.24, 2.45) is 0 Å². The minimum atomic E-state index is -0.0746. The second-order valence-electron chi connectivity index (χ2n) is 7.52. The summed E-state index contributed by atoms with van der Waals surface area (Å²) in [5.74, 6) is 0.663. The molecule has 5 rings (SSSR count). The van der Waals surface area contributed by atoms with Crippen LogP contribution in [0.3, 0.4) is 0 Å². The Morgan fingerprint density at radius 1 is 1.06 bits per heavy atom. The van der Waals surface area contributed by atoms with E-state index in [4.69, 9.17) is 4.74 Å². The van der Waals surface area contributed by atoms with Gasteiger partial charge >= 0.3 is 0 Å². The van der Waals surface area contributed by atoms with Gasteiger partial charge in [0.05, 0.1) is 22.7 Å². The molecule has 1 aliphatic heterocycles. The van der Waals surface area contributed by atoms with E-state index in [-0.39, 0.29) is 23.9 Å². The number of phenols is 1. The molecule has 0 amide bonds. The van der Waals surface area contributed by atoms with Crippen molar-refractivity contribution >= 4 is 45.5 Å². The van der Waals surface area contributed by atoms with Gasteiger partial charge in [-0.25, -0.2) is 15.0 Å². The Bertz CT molecular complexity index is 1410. The highest BCUT2D eigenvalue weighted by molar-refractivity contribution is 9.10. The van der Waals surface area contributed by atoms with Crippen LogP contribution in [0.5, 0.6) is 11.5 Å². The highest BCUT2D eigenvalue weighted by Gasteiger charge is 2.27. The molecule has 0 atom stereocenters. The van der Waals surface area contributed by atoms with Crippen LogP contribution in [-0.2, 0) is 13.2 Å². The minimum absolute atomic E-state index is 0.0241. The van der Waals surface area contributed by atoms with E-state index in [1.807, 2.05) is 18.2 Å².